The van der Waals surface area contributed by atoms with Crippen molar-refractivity contribution in [1.29, 1.82) is 0 Å². The Morgan fingerprint density at radius 3 is 2.82 bits per heavy atom. The Kier molecular flexibility index (Phi) is 3.74. The molecule has 2 aromatic rings. The molecule has 1 atom stereocenters. The summed E-state index contributed by atoms with van der Waals surface area (Å²) in [5.41, 5.74) is 2.27. The van der Waals surface area contributed by atoms with E-state index in [4.69, 9.17) is 0 Å². The molecular weight excluding hydrogens is 302 g/mol. The molecule has 7 heteroatoms. The van der Waals surface area contributed by atoms with Gasteiger partial charge in [-0.2, -0.15) is 0 Å². The second kappa shape index (κ2) is 5.57. The highest BCUT2D eigenvalue weighted by Crippen LogP contribution is 2.26. The van der Waals surface area contributed by atoms with Gasteiger partial charge in [-0.25, -0.2) is 9.78 Å². The van der Waals surface area contributed by atoms with E-state index in [9.17, 15) is 14.7 Å². The van der Waals surface area contributed by atoms with E-state index in [1.54, 1.807) is 6.20 Å². The Balaban J connectivity index is 1.97. The third kappa shape index (κ3) is 2.31. The van der Waals surface area contributed by atoms with Gasteiger partial charge in [-0.15, -0.1) is 11.3 Å². The van der Waals surface area contributed by atoms with Crippen LogP contribution < -0.4 is 0 Å². The summed E-state index contributed by atoms with van der Waals surface area (Å²) < 4.78 is 1.93. The van der Waals surface area contributed by atoms with Crippen molar-refractivity contribution >= 4 is 23.2 Å². The molecule has 2 aromatic heterocycles. The summed E-state index contributed by atoms with van der Waals surface area (Å²) in [5.74, 6) is -1.14. The van der Waals surface area contributed by atoms with Crippen LogP contribution in [0.2, 0.25) is 0 Å². The third-order valence-corrected chi connectivity index (χ3v) is 4.83. The highest BCUT2D eigenvalue weighted by atomic mass is 32.1. The Labute approximate surface area is 132 Å². The molecule has 3 heterocycles. The summed E-state index contributed by atoms with van der Waals surface area (Å²) in [5, 5.41) is 11.9. The number of amides is 1. The van der Waals surface area contributed by atoms with Crippen LogP contribution in [0.3, 0.4) is 0 Å². The number of aliphatic carboxylic acids is 1. The molecule has 0 radical (unpaired) electrons. The predicted octanol–water partition coefficient (Wildman–Crippen LogP) is 2.24. The van der Waals surface area contributed by atoms with Gasteiger partial charge in [0, 0.05) is 29.5 Å². The van der Waals surface area contributed by atoms with Gasteiger partial charge in [0.15, 0.2) is 5.13 Å². The van der Waals surface area contributed by atoms with Gasteiger partial charge in [0.2, 0.25) is 0 Å². The summed E-state index contributed by atoms with van der Waals surface area (Å²) in [6.45, 7) is 4.29. The van der Waals surface area contributed by atoms with Gasteiger partial charge < -0.3 is 10.0 Å². The lowest BCUT2D eigenvalue weighted by Crippen LogP contribution is -2.40. The highest BCUT2D eigenvalue weighted by molar-refractivity contribution is 7.12. The number of aryl methyl sites for hydroxylation is 1. The average molecular weight is 319 g/mol. The molecule has 22 heavy (non-hydrogen) atoms. The number of carbonyl (C=O) groups excluding carboxylic acids is 1. The largest absolute Gasteiger partial charge is 0.480 e. The van der Waals surface area contributed by atoms with Crippen molar-refractivity contribution in [2.75, 3.05) is 6.54 Å². The van der Waals surface area contributed by atoms with Crippen LogP contribution in [0.25, 0.3) is 5.13 Å². The van der Waals surface area contributed by atoms with Crippen LogP contribution in [0.1, 0.15) is 34.6 Å². The van der Waals surface area contributed by atoms with E-state index in [2.05, 4.69) is 4.98 Å². The van der Waals surface area contributed by atoms with E-state index in [1.807, 2.05) is 29.9 Å². The van der Waals surface area contributed by atoms with Gasteiger partial charge in [-0.1, -0.05) is 0 Å². The first-order valence-electron chi connectivity index (χ1n) is 7.13. The molecule has 0 bridgehead atoms. The smallest absolute Gasteiger partial charge is 0.326 e. The maximum atomic E-state index is 12.8. The second-order valence-electron chi connectivity index (χ2n) is 5.43. The Hall–Kier alpha value is -2.15. The number of carbonyl (C=O) groups is 2. The van der Waals surface area contributed by atoms with E-state index in [0.29, 0.717) is 18.5 Å². The third-order valence-electron chi connectivity index (χ3n) is 4.07. The van der Waals surface area contributed by atoms with Crippen molar-refractivity contribution in [3.05, 3.63) is 34.6 Å². The first-order valence-corrected chi connectivity index (χ1v) is 8.01. The molecule has 0 saturated carbocycles. The number of thiazole rings is 1. The highest BCUT2D eigenvalue weighted by Gasteiger charge is 2.35. The molecule has 116 valence electrons. The van der Waals surface area contributed by atoms with Crippen molar-refractivity contribution in [1.82, 2.24) is 14.5 Å². The number of carboxylic acids is 1. The molecule has 3 rings (SSSR count). The van der Waals surface area contributed by atoms with Gasteiger partial charge in [0.1, 0.15) is 6.04 Å². The van der Waals surface area contributed by atoms with Crippen LogP contribution in [0.5, 0.6) is 0 Å². The van der Waals surface area contributed by atoms with E-state index in [-0.39, 0.29) is 5.91 Å². The Bertz CT molecular complexity index is 721. The lowest BCUT2D eigenvalue weighted by molar-refractivity contribution is -0.141. The average Bonchev–Trinajstić information content (AvgIpc) is 3.17. The number of aromatic nitrogens is 2. The molecular formula is C15H17N3O3S. The fourth-order valence-electron chi connectivity index (χ4n) is 3.02. The maximum Gasteiger partial charge on any atom is 0.326 e. The van der Waals surface area contributed by atoms with Gasteiger partial charge in [0.05, 0.1) is 5.56 Å². The Morgan fingerprint density at radius 1 is 1.41 bits per heavy atom. The lowest BCUT2D eigenvalue weighted by Gasteiger charge is -2.21. The van der Waals surface area contributed by atoms with Crippen LogP contribution in [-0.2, 0) is 4.79 Å². The fourth-order valence-corrected chi connectivity index (χ4v) is 3.77. The number of rotatable bonds is 3. The normalized spacial score (nSPS) is 17.9. The standard InChI is InChI=1S/C15H17N3O3S/c1-9-8-11(10(2)18(9)15-16-5-7-22-15)13(19)17-6-3-4-12(17)14(20)21/h5,7-8,12H,3-4,6H2,1-2H3,(H,20,21). The summed E-state index contributed by atoms with van der Waals surface area (Å²) >= 11 is 1.50. The number of hydrogen-bond donors (Lipinski definition) is 1. The quantitative estimate of drug-likeness (QED) is 0.941. The minimum absolute atomic E-state index is 0.208. The zero-order valence-electron chi connectivity index (χ0n) is 12.4. The molecule has 1 aliphatic rings. The topological polar surface area (TPSA) is 75.4 Å². The first-order chi connectivity index (χ1) is 10.5. The maximum absolute atomic E-state index is 12.8. The van der Waals surface area contributed by atoms with Crippen LogP contribution >= 0.6 is 11.3 Å². The fraction of sp³-hybridized carbons (Fsp3) is 0.400. The minimum Gasteiger partial charge on any atom is -0.480 e. The van der Waals surface area contributed by atoms with Gasteiger partial charge in [0.25, 0.3) is 5.91 Å². The number of hydrogen-bond acceptors (Lipinski definition) is 4. The number of nitrogens with zero attached hydrogens (tertiary/aromatic N) is 3. The molecule has 1 N–H and O–H groups in total. The molecule has 1 saturated heterocycles. The molecule has 0 aromatic carbocycles. The van der Waals surface area contributed by atoms with Crippen LogP contribution in [0.15, 0.2) is 17.6 Å². The van der Waals surface area contributed by atoms with Crippen molar-refractivity contribution in [3.8, 4) is 5.13 Å². The number of carboxylic acid groups (broad SMARTS) is 1. The molecule has 1 fully saturated rings. The summed E-state index contributed by atoms with van der Waals surface area (Å²) in [6.07, 6.45) is 2.97. The molecule has 0 aliphatic carbocycles. The molecule has 6 nitrogen and oxygen atoms in total. The van der Waals surface area contributed by atoms with Crippen molar-refractivity contribution in [2.24, 2.45) is 0 Å². The zero-order valence-corrected chi connectivity index (χ0v) is 13.3. The molecule has 1 unspecified atom stereocenters. The van der Waals surface area contributed by atoms with Crippen LogP contribution in [-0.4, -0.2) is 44.0 Å². The van der Waals surface area contributed by atoms with Gasteiger partial charge >= 0.3 is 5.97 Å². The number of likely N-dealkylation sites (tertiary alicyclic amines) is 1. The summed E-state index contributed by atoms with van der Waals surface area (Å²) in [7, 11) is 0. The first kappa shape index (κ1) is 14.8. The van der Waals surface area contributed by atoms with Crippen LogP contribution in [0.4, 0.5) is 0 Å². The Morgan fingerprint density at radius 2 is 2.18 bits per heavy atom. The SMILES string of the molecule is Cc1cc(C(=O)N2CCCC2C(=O)O)c(C)n1-c1nccs1. The monoisotopic (exact) mass is 319 g/mol. The van der Waals surface area contributed by atoms with Crippen LogP contribution in [0, 0.1) is 13.8 Å². The zero-order chi connectivity index (χ0) is 15.9. The minimum atomic E-state index is -0.931. The van der Waals surface area contributed by atoms with Crippen molar-refractivity contribution < 1.29 is 14.7 Å². The van der Waals surface area contributed by atoms with E-state index >= 15 is 0 Å². The predicted molar refractivity (Wildman–Crippen MR) is 82.6 cm³/mol. The molecule has 1 aliphatic heterocycles. The van der Waals surface area contributed by atoms with E-state index in [0.717, 1.165) is 22.9 Å². The van der Waals surface area contributed by atoms with Crippen molar-refractivity contribution in [3.63, 3.8) is 0 Å². The van der Waals surface area contributed by atoms with E-state index in [1.165, 1.54) is 16.2 Å². The second-order valence-corrected chi connectivity index (χ2v) is 6.30. The molecule has 0 spiro atoms. The van der Waals surface area contributed by atoms with Crippen molar-refractivity contribution in [2.45, 2.75) is 32.7 Å². The van der Waals surface area contributed by atoms with E-state index < -0.39 is 12.0 Å². The lowest BCUT2D eigenvalue weighted by atomic mass is 10.2. The summed E-state index contributed by atoms with van der Waals surface area (Å²) in [6, 6.07) is 1.10. The summed E-state index contributed by atoms with van der Waals surface area (Å²) in [4.78, 5) is 29.8. The molecule has 1 amide bonds. The van der Waals surface area contributed by atoms with Gasteiger partial charge in [-0.3, -0.25) is 9.36 Å². The van der Waals surface area contributed by atoms with Gasteiger partial charge in [-0.05, 0) is 32.8 Å².